The predicted octanol–water partition coefficient (Wildman–Crippen LogP) is 4.47. The number of rotatable bonds is 3. The van der Waals surface area contributed by atoms with Gasteiger partial charge in [0.25, 0.3) is 0 Å². The third kappa shape index (κ3) is 2.42. The molecule has 0 amide bonds. The molecule has 0 unspecified atom stereocenters. The molecule has 1 fully saturated rings. The number of fused-ring (bicyclic) bond motifs is 1. The topological polar surface area (TPSA) is 43.1 Å². The molecule has 100 valence electrons. The molecular formula is C16H19NO2. The van der Waals surface area contributed by atoms with Gasteiger partial charge in [-0.05, 0) is 31.0 Å². The number of carbonyl (C=O) groups excluding carboxylic acids is 1. The predicted molar refractivity (Wildman–Crippen MR) is 74.5 cm³/mol. The largest absolute Gasteiger partial charge is 0.440 e. The van der Waals surface area contributed by atoms with Gasteiger partial charge in [-0.2, -0.15) is 0 Å². The smallest absolute Gasteiger partial charge is 0.198 e. The van der Waals surface area contributed by atoms with Crippen LogP contribution < -0.4 is 0 Å². The third-order valence-corrected chi connectivity index (χ3v) is 4.00. The van der Waals surface area contributed by atoms with Gasteiger partial charge in [0, 0.05) is 17.9 Å². The number of hydrogen-bond acceptors (Lipinski definition) is 3. The van der Waals surface area contributed by atoms with Crippen LogP contribution in [0.15, 0.2) is 22.6 Å². The van der Waals surface area contributed by atoms with Crippen molar-refractivity contribution in [1.82, 2.24) is 4.98 Å². The van der Waals surface area contributed by atoms with E-state index in [0.29, 0.717) is 12.3 Å². The quantitative estimate of drug-likeness (QED) is 0.762. The molecule has 1 aromatic carbocycles. The number of carbonyl (C=O) groups is 1. The molecule has 1 aliphatic rings. The van der Waals surface area contributed by atoms with E-state index in [9.17, 15) is 4.79 Å². The Morgan fingerprint density at radius 3 is 2.84 bits per heavy atom. The van der Waals surface area contributed by atoms with E-state index in [1.54, 1.807) is 0 Å². The van der Waals surface area contributed by atoms with Gasteiger partial charge in [-0.1, -0.05) is 26.2 Å². The Bertz CT molecular complexity index is 594. The van der Waals surface area contributed by atoms with E-state index >= 15 is 0 Å². The summed E-state index contributed by atoms with van der Waals surface area (Å²) in [5.41, 5.74) is 2.35. The molecule has 3 rings (SSSR count). The molecule has 0 bridgehead atoms. The number of oxazole rings is 1. The minimum Gasteiger partial charge on any atom is -0.440 e. The number of Topliss-reactive ketones (excluding diaryl/α,β-unsaturated/α-hetero) is 1. The number of ketones is 1. The first-order valence-corrected chi connectivity index (χ1v) is 7.21. The highest BCUT2D eigenvalue weighted by Crippen LogP contribution is 2.33. The highest BCUT2D eigenvalue weighted by molar-refractivity contribution is 5.98. The second-order valence-corrected chi connectivity index (χ2v) is 5.35. The SMILES string of the molecule is CCC(=O)c1ccc2oc(C3CCCCC3)nc2c1. The van der Waals surface area contributed by atoms with Crippen LogP contribution in [0.4, 0.5) is 0 Å². The van der Waals surface area contributed by atoms with Crippen LogP contribution in [0, 0.1) is 0 Å². The van der Waals surface area contributed by atoms with Gasteiger partial charge >= 0.3 is 0 Å². The molecule has 3 nitrogen and oxygen atoms in total. The van der Waals surface area contributed by atoms with Crippen LogP contribution in [0.2, 0.25) is 0 Å². The summed E-state index contributed by atoms with van der Waals surface area (Å²) < 4.78 is 5.85. The van der Waals surface area contributed by atoms with Crippen molar-refractivity contribution in [2.24, 2.45) is 0 Å². The number of aromatic nitrogens is 1. The Balaban J connectivity index is 1.93. The summed E-state index contributed by atoms with van der Waals surface area (Å²) in [6, 6.07) is 5.57. The van der Waals surface area contributed by atoms with Crippen molar-refractivity contribution >= 4 is 16.9 Å². The lowest BCUT2D eigenvalue weighted by atomic mass is 9.89. The maximum atomic E-state index is 11.7. The lowest BCUT2D eigenvalue weighted by Gasteiger charge is -2.17. The normalized spacial score (nSPS) is 16.9. The molecular weight excluding hydrogens is 238 g/mol. The Labute approximate surface area is 113 Å². The van der Waals surface area contributed by atoms with Crippen LogP contribution in [0.1, 0.15) is 67.6 Å². The van der Waals surface area contributed by atoms with Crippen molar-refractivity contribution < 1.29 is 9.21 Å². The van der Waals surface area contributed by atoms with Gasteiger partial charge in [0.05, 0.1) is 0 Å². The summed E-state index contributed by atoms with van der Waals surface area (Å²) in [5.74, 6) is 1.48. The van der Waals surface area contributed by atoms with Gasteiger partial charge < -0.3 is 4.42 Å². The summed E-state index contributed by atoms with van der Waals surface area (Å²) in [7, 11) is 0. The van der Waals surface area contributed by atoms with E-state index in [-0.39, 0.29) is 5.78 Å². The second kappa shape index (κ2) is 5.16. The fraction of sp³-hybridized carbons (Fsp3) is 0.500. The summed E-state index contributed by atoms with van der Waals surface area (Å²) in [6.45, 7) is 1.88. The standard InChI is InChI=1S/C16H19NO2/c1-2-14(18)12-8-9-15-13(10-12)17-16(19-15)11-6-4-3-5-7-11/h8-11H,2-7H2,1H3. The first kappa shape index (κ1) is 12.4. The molecule has 0 atom stereocenters. The van der Waals surface area contributed by atoms with Crippen LogP contribution >= 0.6 is 0 Å². The fourth-order valence-corrected chi connectivity index (χ4v) is 2.85. The Morgan fingerprint density at radius 1 is 1.32 bits per heavy atom. The molecule has 1 aliphatic carbocycles. The van der Waals surface area contributed by atoms with Crippen molar-refractivity contribution in [2.45, 2.75) is 51.4 Å². The van der Waals surface area contributed by atoms with E-state index in [4.69, 9.17) is 4.42 Å². The average Bonchev–Trinajstić information content (AvgIpc) is 2.90. The number of benzene rings is 1. The van der Waals surface area contributed by atoms with Gasteiger partial charge in [-0.15, -0.1) is 0 Å². The van der Waals surface area contributed by atoms with Crippen molar-refractivity contribution in [3.63, 3.8) is 0 Å². The Morgan fingerprint density at radius 2 is 2.11 bits per heavy atom. The van der Waals surface area contributed by atoms with Gasteiger partial charge in [-0.3, -0.25) is 4.79 Å². The number of nitrogens with zero attached hydrogens (tertiary/aromatic N) is 1. The number of hydrogen-bond donors (Lipinski definition) is 0. The van der Waals surface area contributed by atoms with Gasteiger partial charge in [-0.25, -0.2) is 4.98 Å². The van der Waals surface area contributed by atoms with E-state index in [1.807, 2.05) is 25.1 Å². The van der Waals surface area contributed by atoms with Crippen molar-refractivity contribution in [2.75, 3.05) is 0 Å². The van der Waals surface area contributed by atoms with Crippen LogP contribution in [0.25, 0.3) is 11.1 Å². The maximum absolute atomic E-state index is 11.7. The van der Waals surface area contributed by atoms with E-state index < -0.39 is 0 Å². The minimum absolute atomic E-state index is 0.157. The van der Waals surface area contributed by atoms with E-state index in [1.165, 1.54) is 32.1 Å². The van der Waals surface area contributed by atoms with Crippen LogP contribution in [-0.2, 0) is 0 Å². The highest BCUT2D eigenvalue weighted by atomic mass is 16.3. The zero-order chi connectivity index (χ0) is 13.2. The van der Waals surface area contributed by atoms with Crippen molar-refractivity contribution in [3.8, 4) is 0 Å². The van der Waals surface area contributed by atoms with Crippen LogP contribution in [0.5, 0.6) is 0 Å². The molecule has 1 aromatic heterocycles. The molecule has 19 heavy (non-hydrogen) atoms. The summed E-state index contributed by atoms with van der Waals surface area (Å²) in [4.78, 5) is 16.3. The van der Waals surface area contributed by atoms with Crippen molar-refractivity contribution in [3.05, 3.63) is 29.7 Å². The Hall–Kier alpha value is -1.64. The molecule has 0 aliphatic heterocycles. The molecule has 1 heterocycles. The summed E-state index contributed by atoms with van der Waals surface area (Å²) in [5, 5.41) is 0. The third-order valence-electron chi connectivity index (χ3n) is 4.00. The fourth-order valence-electron chi connectivity index (χ4n) is 2.85. The zero-order valence-electron chi connectivity index (χ0n) is 11.3. The molecule has 0 saturated heterocycles. The molecule has 0 spiro atoms. The van der Waals surface area contributed by atoms with Crippen LogP contribution in [-0.4, -0.2) is 10.8 Å². The first-order valence-electron chi connectivity index (χ1n) is 7.21. The highest BCUT2D eigenvalue weighted by Gasteiger charge is 2.21. The van der Waals surface area contributed by atoms with Crippen LogP contribution in [0.3, 0.4) is 0 Å². The second-order valence-electron chi connectivity index (χ2n) is 5.35. The Kier molecular flexibility index (Phi) is 3.36. The van der Waals surface area contributed by atoms with Gasteiger partial charge in [0.1, 0.15) is 5.52 Å². The van der Waals surface area contributed by atoms with Gasteiger partial charge in [0.15, 0.2) is 17.3 Å². The average molecular weight is 257 g/mol. The molecule has 3 heteroatoms. The molecule has 0 N–H and O–H groups in total. The van der Waals surface area contributed by atoms with Crippen molar-refractivity contribution in [1.29, 1.82) is 0 Å². The van der Waals surface area contributed by atoms with E-state index in [2.05, 4.69) is 4.98 Å². The van der Waals surface area contributed by atoms with Gasteiger partial charge in [0.2, 0.25) is 0 Å². The monoisotopic (exact) mass is 257 g/mol. The lowest BCUT2D eigenvalue weighted by Crippen LogP contribution is -2.04. The first-order chi connectivity index (χ1) is 9.28. The molecule has 1 saturated carbocycles. The summed E-state index contributed by atoms with van der Waals surface area (Å²) in [6.07, 6.45) is 6.73. The minimum atomic E-state index is 0.157. The molecule has 0 radical (unpaired) electrons. The summed E-state index contributed by atoms with van der Waals surface area (Å²) >= 11 is 0. The maximum Gasteiger partial charge on any atom is 0.198 e. The van der Waals surface area contributed by atoms with E-state index in [0.717, 1.165) is 22.6 Å². The zero-order valence-corrected chi connectivity index (χ0v) is 11.3. The lowest BCUT2D eigenvalue weighted by molar-refractivity contribution is 0.0988. The molecule has 2 aromatic rings.